The van der Waals surface area contributed by atoms with Gasteiger partial charge in [0.15, 0.2) is 0 Å². The van der Waals surface area contributed by atoms with Crippen molar-refractivity contribution >= 4 is 6.21 Å². The maximum Gasteiger partial charge on any atom is 0.0581 e. The highest BCUT2D eigenvalue weighted by atomic mass is 14.6. The first-order chi connectivity index (χ1) is 1.91. The summed E-state index contributed by atoms with van der Waals surface area (Å²) in [7, 11) is 3.17. The summed E-state index contributed by atoms with van der Waals surface area (Å²) in [6.07, 6.45) is 1.64. The van der Waals surface area contributed by atoms with Gasteiger partial charge in [0, 0.05) is 0 Å². The molecule has 1 heteroatoms. The van der Waals surface area contributed by atoms with Crippen molar-refractivity contribution in [2.24, 2.45) is 4.99 Å². The minimum atomic E-state index is 1.64. The molecule has 0 bridgehead atoms. The summed E-state index contributed by atoms with van der Waals surface area (Å²) in [5.41, 5.74) is 0. The Morgan fingerprint density at radius 2 is 2.25 bits per heavy atom. The van der Waals surface area contributed by atoms with Gasteiger partial charge in [-0.3, -0.25) is 4.99 Å². The van der Waals surface area contributed by atoms with Crippen molar-refractivity contribution in [2.45, 2.75) is 6.92 Å². The van der Waals surface area contributed by atoms with Gasteiger partial charge in [-0.15, -0.1) is 0 Å². The average Bonchev–Trinajstić information content (AvgIpc) is 1.37. The van der Waals surface area contributed by atoms with Gasteiger partial charge in [-0.25, -0.2) is 0 Å². The summed E-state index contributed by atoms with van der Waals surface area (Å²) < 4.78 is 0. The fourth-order valence-electron chi connectivity index (χ4n) is 0. The van der Waals surface area contributed by atoms with Crippen molar-refractivity contribution in [1.82, 2.24) is 0 Å². The average molecular weight is 56.1 g/mol. The summed E-state index contributed by atoms with van der Waals surface area (Å²) in [4.78, 5) is 3.36. The summed E-state index contributed by atoms with van der Waals surface area (Å²) in [6, 6.07) is 0. The highest BCUT2D eigenvalue weighted by Crippen LogP contribution is 1.44. The molecule has 4 heavy (non-hydrogen) atoms. The topological polar surface area (TPSA) is 12.4 Å². The highest BCUT2D eigenvalue weighted by molar-refractivity contribution is 5.53. The Hall–Kier alpha value is -0.330. The van der Waals surface area contributed by atoms with E-state index in [1.54, 1.807) is 6.21 Å². The van der Waals surface area contributed by atoms with Crippen LogP contribution in [0.2, 0.25) is 0 Å². The molecule has 0 atom stereocenters. The van der Waals surface area contributed by atoms with E-state index in [-0.39, 0.29) is 0 Å². The van der Waals surface area contributed by atoms with Gasteiger partial charge in [-0.2, -0.15) is 0 Å². The van der Waals surface area contributed by atoms with Gasteiger partial charge in [0.1, 0.15) is 0 Å². The van der Waals surface area contributed by atoms with Gasteiger partial charge < -0.3 is 0 Å². The van der Waals surface area contributed by atoms with Crippen LogP contribution in [-0.4, -0.2) is 6.21 Å². The quantitative estimate of drug-likeness (QED) is 0.365. The molecule has 0 aliphatic carbocycles. The Morgan fingerprint density at radius 1 is 2.00 bits per heavy atom. The molecule has 0 aromatic rings. The molecule has 23 valence electrons. The maximum absolute atomic E-state index is 3.36. The van der Waals surface area contributed by atoms with Crippen LogP contribution >= 0.6 is 0 Å². The van der Waals surface area contributed by atoms with Gasteiger partial charge in [0.25, 0.3) is 0 Å². The Morgan fingerprint density at radius 3 is 2.25 bits per heavy atom. The Kier molecular flexibility index (Phi) is 2.45. The van der Waals surface area contributed by atoms with Crippen molar-refractivity contribution in [1.29, 1.82) is 0 Å². The number of hydrogen-bond donors (Lipinski definition) is 0. The van der Waals surface area contributed by atoms with Crippen molar-refractivity contribution in [3.8, 4) is 0 Å². The predicted molar refractivity (Wildman–Crippen MR) is 19.5 cm³/mol. The second-order valence-electron chi connectivity index (χ2n) is 0.441. The lowest BCUT2D eigenvalue weighted by atomic mass is 10.9. The lowest BCUT2D eigenvalue weighted by Crippen LogP contribution is -1.43. The lowest BCUT2D eigenvalue weighted by molar-refractivity contribution is 1.60. The van der Waals surface area contributed by atoms with Gasteiger partial charge in [-0.1, -0.05) is 0 Å². The van der Waals surface area contributed by atoms with Crippen LogP contribution in [0.25, 0.3) is 0 Å². The predicted octanol–water partition coefficient (Wildman–Crippen LogP) is 0.869. The third-order valence-corrected chi connectivity index (χ3v) is 0.183. The normalized spacial score (nSPS) is 9.50. The van der Waals surface area contributed by atoms with E-state index in [9.17, 15) is 0 Å². The van der Waals surface area contributed by atoms with E-state index in [2.05, 4.69) is 12.0 Å². The molecule has 0 spiro atoms. The fourth-order valence-corrected chi connectivity index (χ4v) is 0. The lowest BCUT2D eigenvalue weighted by Gasteiger charge is -1.52. The largest absolute Gasteiger partial charge is 0.296 e. The molecular formula is C3H6N. The smallest absolute Gasteiger partial charge is 0.0581 e. The van der Waals surface area contributed by atoms with Crippen LogP contribution in [0.3, 0.4) is 0 Å². The number of nitrogens with zero attached hydrogens (tertiary/aromatic N) is 1. The van der Waals surface area contributed by atoms with Crippen LogP contribution in [0.5, 0.6) is 0 Å². The van der Waals surface area contributed by atoms with Crippen molar-refractivity contribution in [3.05, 3.63) is 7.05 Å². The summed E-state index contributed by atoms with van der Waals surface area (Å²) >= 11 is 0. The minimum Gasteiger partial charge on any atom is -0.296 e. The third-order valence-electron chi connectivity index (χ3n) is 0.183. The standard InChI is InChI=1S/C3H6N/c1-3-4-2/h3H,2H2,1H3/b4-3-. The molecule has 1 nitrogen and oxygen atoms in total. The van der Waals surface area contributed by atoms with E-state index in [0.29, 0.717) is 0 Å². The van der Waals surface area contributed by atoms with E-state index in [0.717, 1.165) is 0 Å². The molecule has 0 unspecified atom stereocenters. The Balaban J connectivity index is 2.55. The van der Waals surface area contributed by atoms with Crippen LogP contribution < -0.4 is 0 Å². The van der Waals surface area contributed by atoms with E-state index in [1.165, 1.54) is 0 Å². The van der Waals surface area contributed by atoms with Gasteiger partial charge >= 0.3 is 0 Å². The third kappa shape index (κ3) is 1.67. The molecule has 0 amide bonds. The van der Waals surface area contributed by atoms with Gasteiger partial charge in [0.05, 0.1) is 7.05 Å². The van der Waals surface area contributed by atoms with Crippen molar-refractivity contribution in [2.75, 3.05) is 0 Å². The zero-order valence-electron chi connectivity index (χ0n) is 2.73. The molecule has 0 aliphatic heterocycles. The van der Waals surface area contributed by atoms with E-state index in [4.69, 9.17) is 0 Å². The molecule has 0 N–H and O–H groups in total. The fraction of sp³-hybridized carbons (Fsp3) is 0.333. The van der Waals surface area contributed by atoms with Crippen LogP contribution in [0.4, 0.5) is 0 Å². The Bertz CT molecular complexity index is 18.5. The van der Waals surface area contributed by atoms with Crippen molar-refractivity contribution in [3.63, 3.8) is 0 Å². The molecule has 0 saturated carbocycles. The maximum atomic E-state index is 3.36. The van der Waals surface area contributed by atoms with Crippen LogP contribution in [0.15, 0.2) is 4.99 Å². The first-order valence-corrected chi connectivity index (χ1v) is 1.15. The molecule has 0 rings (SSSR count). The van der Waals surface area contributed by atoms with Gasteiger partial charge in [0.2, 0.25) is 0 Å². The van der Waals surface area contributed by atoms with Gasteiger partial charge in [-0.05, 0) is 13.1 Å². The number of hydrogen-bond acceptors (Lipinski definition) is 1. The second kappa shape index (κ2) is 2.67. The zero-order chi connectivity index (χ0) is 3.41. The molecule has 1 radical (unpaired) electrons. The zero-order valence-corrected chi connectivity index (χ0v) is 2.73. The molecule has 0 saturated heterocycles. The van der Waals surface area contributed by atoms with Crippen LogP contribution in [0.1, 0.15) is 6.92 Å². The summed E-state index contributed by atoms with van der Waals surface area (Å²) in [5.74, 6) is 0. The Labute approximate surface area is 26.4 Å². The van der Waals surface area contributed by atoms with E-state index in [1.807, 2.05) is 6.92 Å². The van der Waals surface area contributed by atoms with Crippen LogP contribution in [0, 0.1) is 7.05 Å². The highest BCUT2D eigenvalue weighted by Gasteiger charge is 1.33. The first kappa shape index (κ1) is 3.67. The molecule has 0 aliphatic rings. The second-order valence-corrected chi connectivity index (χ2v) is 0.441. The number of aliphatic imine (C=N–C) groups is 1. The summed E-state index contributed by atoms with van der Waals surface area (Å²) in [6.45, 7) is 1.83. The van der Waals surface area contributed by atoms with E-state index < -0.39 is 0 Å². The molecule has 0 fully saturated rings. The van der Waals surface area contributed by atoms with Crippen LogP contribution in [-0.2, 0) is 0 Å². The molecule has 0 heterocycles. The van der Waals surface area contributed by atoms with E-state index >= 15 is 0 Å². The molecular weight excluding hydrogens is 50.0 g/mol. The number of rotatable bonds is 0. The molecule has 0 aromatic carbocycles. The SMILES string of the molecule is [CH2]/N=C\C. The first-order valence-electron chi connectivity index (χ1n) is 1.15. The molecule has 0 aromatic heterocycles. The summed E-state index contributed by atoms with van der Waals surface area (Å²) in [5, 5.41) is 0. The monoisotopic (exact) mass is 56.1 g/mol. The minimum absolute atomic E-state index is 1.64. The van der Waals surface area contributed by atoms with Crippen molar-refractivity contribution < 1.29 is 0 Å².